The maximum absolute atomic E-state index is 5.51. The van der Waals surface area contributed by atoms with Crippen molar-refractivity contribution < 1.29 is 0 Å². The van der Waals surface area contributed by atoms with Crippen LogP contribution in [0.4, 0.5) is 5.69 Å². The Morgan fingerprint density at radius 1 is 1.56 bits per heavy atom. The Hall–Kier alpha value is -1.55. The molecule has 0 radical (unpaired) electrons. The quantitative estimate of drug-likeness (QED) is 0.764. The topological polar surface area (TPSA) is 54.2 Å². The molecule has 3 N–H and O–H groups in total. The second-order valence-electron chi connectivity index (χ2n) is 3.57. The molecule has 0 saturated heterocycles. The highest BCUT2D eigenvalue weighted by molar-refractivity contribution is 5.49. The maximum Gasteiger partial charge on any atom is 0.0596 e. The standard InChI is InChI=1S/C12H20N4/c1-3-16(8-5-13)9-7-15-12-10-14-6-4-11(12)2/h4,6-7,9-10,15H,3,5,8,13H2,1-2H3/b9-7-. The Labute approximate surface area is 97.2 Å². The summed E-state index contributed by atoms with van der Waals surface area (Å²) < 4.78 is 0. The van der Waals surface area contributed by atoms with Crippen LogP contribution in [-0.2, 0) is 0 Å². The number of nitrogens with zero attached hydrogens (tertiary/aromatic N) is 2. The summed E-state index contributed by atoms with van der Waals surface area (Å²) in [4.78, 5) is 6.22. The van der Waals surface area contributed by atoms with Crippen LogP contribution in [-0.4, -0.2) is 29.5 Å². The Morgan fingerprint density at radius 3 is 3.00 bits per heavy atom. The Bertz CT molecular complexity index is 336. The van der Waals surface area contributed by atoms with Gasteiger partial charge in [-0.15, -0.1) is 0 Å². The van der Waals surface area contributed by atoms with Gasteiger partial charge in [-0.1, -0.05) is 0 Å². The van der Waals surface area contributed by atoms with Gasteiger partial charge in [-0.2, -0.15) is 0 Å². The molecule has 0 fully saturated rings. The highest BCUT2D eigenvalue weighted by atomic mass is 15.1. The van der Waals surface area contributed by atoms with E-state index in [2.05, 4.69) is 29.0 Å². The van der Waals surface area contributed by atoms with Gasteiger partial charge >= 0.3 is 0 Å². The van der Waals surface area contributed by atoms with Gasteiger partial charge in [0, 0.05) is 38.2 Å². The zero-order valence-electron chi connectivity index (χ0n) is 9.98. The molecule has 0 aliphatic heterocycles. The molecule has 0 spiro atoms. The van der Waals surface area contributed by atoms with E-state index in [-0.39, 0.29) is 0 Å². The van der Waals surface area contributed by atoms with Crippen LogP contribution in [0.15, 0.2) is 30.9 Å². The zero-order chi connectivity index (χ0) is 11.8. The third-order valence-corrected chi connectivity index (χ3v) is 2.39. The first-order chi connectivity index (χ1) is 7.77. The average molecular weight is 220 g/mol. The molecule has 16 heavy (non-hydrogen) atoms. The summed E-state index contributed by atoms with van der Waals surface area (Å²) >= 11 is 0. The minimum Gasteiger partial charge on any atom is -0.375 e. The van der Waals surface area contributed by atoms with Gasteiger partial charge in [-0.3, -0.25) is 4.98 Å². The van der Waals surface area contributed by atoms with Crippen LogP contribution in [0, 0.1) is 6.92 Å². The molecule has 0 saturated carbocycles. The molecule has 0 atom stereocenters. The third-order valence-electron chi connectivity index (χ3n) is 2.39. The van der Waals surface area contributed by atoms with Crippen molar-refractivity contribution in [3.8, 4) is 0 Å². The number of hydrogen-bond acceptors (Lipinski definition) is 4. The molecule has 0 aliphatic rings. The predicted octanol–water partition coefficient (Wildman–Crippen LogP) is 1.55. The molecule has 1 aromatic rings. The molecular formula is C12H20N4. The summed E-state index contributed by atoms with van der Waals surface area (Å²) in [5, 5.41) is 3.21. The number of nitrogens with one attached hydrogen (secondary N) is 1. The van der Waals surface area contributed by atoms with Crippen LogP contribution in [0.2, 0.25) is 0 Å². The SMILES string of the molecule is CCN(/C=C\Nc1cnccc1C)CCN. The second-order valence-corrected chi connectivity index (χ2v) is 3.57. The number of nitrogens with two attached hydrogens (primary N) is 1. The van der Waals surface area contributed by atoms with Crippen molar-refractivity contribution in [1.82, 2.24) is 9.88 Å². The zero-order valence-corrected chi connectivity index (χ0v) is 9.98. The molecule has 0 unspecified atom stereocenters. The maximum atomic E-state index is 5.51. The van der Waals surface area contributed by atoms with Crippen LogP contribution in [0.5, 0.6) is 0 Å². The van der Waals surface area contributed by atoms with Crippen LogP contribution >= 0.6 is 0 Å². The molecule has 88 valence electrons. The van der Waals surface area contributed by atoms with Crippen molar-refractivity contribution in [2.45, 2.75) is 13.8 Å². The van der Waals surface area contributed by atoms with Crippen molar-refractivity contribution >= 4 is 5.69 Å². The van der Waals surface area contributed by atoms with E-state index in [1.54, 1.807) is 6.20 Å². The average Bonchev–Trinajstić information content (AvgIpc) is 2.30. The summed E-state index contributed by atoms with van der Waals surface area (Å²) in [5.41, 5.74) is 7.72. The van der Waals surface area contributed by atoms with Gasteiger partial charge in [0.05, 0.1) is 11.9 Å². The van der Waals surface area contributed by atoms with Gasteiger partial charge in [0.25, 0.3) is 0 Å². The Kier molecular flexibility index (Phi) is 5.36. The summed E-state index contributed by atoms with van der Waals surface area (Å²) in [6.07, 6.45) is 7.54. The fourth-order valence-electron chi connectivity index (χ4n) is 1.35. The molecule has 0 bridgehead atoms. The molecule has 1 aromatic heterocycles. The fourth-order valence-corrected chi connectivity index (χ4v) is 1.35. The van der Waals surface area contributed by atoms with Crippen molar-refractivity contribution in [3.05, 3.63) is 36.4 Å². The summed E-state index contributed by atoms with van der Waals surface area (Å²) in [7, 11) is 0. The molecule has 1 heterocycles. The highest BCUT2D eigenvalue weighted by Crippen LogP contribution is 2.10. The first kappa shape index (κ1) is 12.5. The van der Waals surface area contributed by atoms with Crippen LogP contribution < -0.4 is 11.1 Å². The monoisotopic (exact) mass is 220 g/mol. The van der Waals surface area contributed by atoms with Gasteiger partial charge in [0.1, 0.15) is 0 Å². The number of pyridine rings is 1. The third kappa shape index (κ3) is 3.90. The number of hydrogen-bond donors (Lipinski definition) is 2. The van der Waals surface area contributed by atoms with E-state index in [1.165, 1.54) is 5.56 Å². The lowest BCUT2D eigenvalue weighted by Crippen LogP contribution is -2.24. The van der Waals surface area contributed by atoms with Gasteiger partial charge < -0.3 is 16.0 Å². The molecule has 0 aromatic carbocycles. The Morgan fingerprint density at radius 2 is 2.38 bits per heavy atom. The number of rotatable bonds is 6. The summed E-state index contributed by atoms with van der Waals surface area (Å²) in [5.74, 6) is 0. The minimum absolute atomic E-state index is 0.671. The van der Waals surface area contributed by atoms with Crippen molar-refractivity contribution in [1.29, 1.82) is 0 Å². The lowest BCUT2D eigenvalue weighted by atomic mass is 10.2. The summed E-state index contributed by atoms with van der Waals surface area (Å²) in [6.45, 7) is 6.66. The van der Waals surface area contributed by atoms with Crippen LogP contribution in [0.3, 0.4) is 0 Å². The second kappa shape index (κ2) is 6.85. The highest BCUT2D eigenvalue weighted by Gasteiger charge is 1.94. The minimum atomic E-state index is 0.671. The molecule has 1 rings (SSSR count). The van der Waals surface area contributed by atoms with Crippen LogP contribution in [0.1, 0.15) is 12.5 Å². The smallest absolute Gasteiger partial charge is 0.0596 e. The predicted molar refractivity (Wildman–Crippen MR) is 68.0 cm³/mol. The molecule has 0 aliphatic carbocycles. The lowest BCUT2D eigenvalue weighted by Gasteiger charge is -2.16. The Balaban J connectivity index is 2.50. The van der Waals surface area contributed by atoms with E-state index >= 15 is 0 Å². The number of aryl methyl sites for hydroxylation is 1. The first-order valence-corrected chi connectivity index (χ1v) is 5.56. The van der Waals surface area contributed by atoms with Crippen LogP contribution in [0.25, 0.3) is 0 Å². The molecule has 0 amide bonds. The molecule has 4 heteroatoms. The van der Waals surface area contributed by atoms with E-state index in [4.69, 9.17) is 5.73 Å². The number of likely N-dealkylation sites (N-methyl/N-ethyl adjacent to an activating group) is 1. The van der Waals surface area contributed by atoms with E-state index in [0.717, 1.165) is 18.8 Å². The van der Waals surface area contributed by atoms with E-state index < -0.39 is 0 Å². The lowest BCUT2D eigenvalue weighted by molar-refractivity contribution is 0.406. The number of aromatic nitrogens is 1. The largest absolute Gasteiger partial charge is 0.375 e. The van der Waals surface area contributed by atoms with Crippen molar-refractivity contribution in [2.75, 3.05) is 25.0 Å². The first-order valence-electron chi connectivity index (χ1n) is 5.56. The van der Waals surface area contributed by atoms with Gasteiger partial charge in [-0.05, 0) is 25.5 Å². The number of anilines is 1. The van der Waals surface area contributed by atoms with Crippen molar-refractivity contribution in [2.24, 2.45) is 5.73 Å². The summed E-state index contributed by atoms with van der Waals surface area (Å²) in [6, 6.07) is 1.98. The fraction of sp³-hybridized carbons (Fsp3) is 0.417. The molecule has 4 nitrogen and oxygen atoms in total. The van der Waals surface area contributed by atoms with E-state index in [1.807, 2.05) is 24.7 Å². The van der Waals surface area contributed by atoms with Gasteiger partial charge in [0.2, 0.25) is 0 Å². The van der Waals surface area contributed by atoms with E-state index in [0.29, 0.717) is 6.54 Å². The van der Waals surface area contributed by atoms with Gasteiger partial charge in [0.15, 0.2) is 0 Å². The van der Waals surface area contributed by atoms with Crippen molar-refractivity contribution in [3.63, 3.8) is 0 Å². The normalized spacial score (nSPS) is 10.7. The van der Waals surface area contributed by atoms with Gasteiger partial charge in [-0.25, -0.2) is 0 Å². The molecular weight excluding hydrogens is 200 g/mol. The van der Waals surface area contributed by atoms with E-state index in [9.17, 15) is 0 Å².